The molecular weight excluding hydrogens is 442 g/mol. The number of ether oxygens (including phenoxy) is 2. The lowest BCUT2D eigenvalue weighted by Gasteiger charge is -2.35. The number of ketones is 1. The number of carbonyl (C=O) groups excluding carboxylic acids is 2. The smallest absolute Gasteiger partial charge is 0.296 e. The first kappa shape index (κ1) is 21.9. The first-order valence-electron chi connectivity index (χ1n) is 11.4. The highest BCUT2D eigenvalue weighted by atomic mass is 32.1. The summed E-state index contributed by atoms with van der Waals surface area (Å²) in [6, 6.07) is 4.16. The number of carbonyl (C=O) groups is 2. The number of anilines is 1. The molecule has 3 aliphatic rings. The van der Waals surface area contributed by atoms with E-state index in [4.69, 9.17) is 9.47 Å². The second kappa shape index (κ2) is 8.44. The molecule has 0 spiro atoms. The molecule has 1 amide bonds. The van der Waals surface area contributed by atoms with Crippen LogP contribution in [0.25, 0.3) is 0 Å². The molecule has 1 N–H and O–H groups in total. The fourth-order valence-electron chi connectivity index (χ4n) is 5.00. The molecule has 0 bridgehead atoms. The molecule has 1 saturated carbocycles. The quantitative estimate of drug-likeness (QED) is 0.707. The molecule has 1 aromatic heterocycles. The van der Waals surface area contributed by atoms with Crippen molar-refractivity contribution in [3.05, 3.63) is 40.1 Å². The van der Waals surface area contributed by atoms with E-state index in [0.29, 0.717) is 22.2 Å². The number of hydrogen-bond acceptors (Lipinski definition) is 8. The molecule has 8 nitrogen and oxygen atoms in total. The molecule has 2 aromatic rings. The Morgan fingerprint density at radius 1 is 1.24 bits per heavy atom. The Morgan fingerprint density at radius 3 is 2.79 bits per heavy atom. The van der Waals surface area contributed by atoms with Crippen molar-refractivity contribution in [1.29, 1.82) is 0 Å². The van der Waals surface area contributed by atoms with E-state index in [2.05, 4.69) is 24.0 Å². The number of hydrogen-bond donors (Lipinski definition) is 1. The highest BCUT2D eigenvalue weighted by Gasteiger charge is 2.53. The molecule has 1 fully saturated rings. The van der Waals surface area contributed by atoms with Crippen LogP contribution in [0.4, 0.5) is 5.13 Å². The minimum atomic E-state index is -0.711. The summed E-state index contributed by atoms with van der Waals surface area (Å²) >= 11 is 1.35. The van der Waals surface area contributed by atoms with E-state index in [1.54, 1.807) is 12.1 Å². The van der Waals surface area contributed by atoms with Gasteiger partial charge in [-0.25, -0.2) is 0 Å². The summed E-state index contributed by atoms with van der Waals surface area (Å²) in [5, 5.41) is 20.0. The normalized spacial score (nSPS) is 24.7. The van der Waals surface area contributed by atoms with E-state index >= 15 is 0 Å². The van der Waals surface area contributed by atoms with Crippen molar-refractivity contribution < 1.29 is 24.2 Å². The Bertz CT molecular complexity index is 1140. The Labute approximate surface area is 196 Å². The van der Waals surface area contributed by atoms with Gasteiger partial charge in [-0.2, -0.15) is 0 Å². The molecule has 0 radical (unpaired) electrons. The lowest BCUT2D eigenvalue weighted by molar-refractivity contribution is -0.131. The van der Waals surface area contributed by atoms with Gasteiger partial charge in [0.2, 0.25) is 5.13 Å². The number of aromatic hydroxyl groups is 1. The van der Waals surface area contributed by atoms with Crippen molar-refractivity contribution >= 4 is 28.2 Å². The summed E-state index contributed by atoms with van der Waals surface area (Å²) in [6.45, 7) is 4.20. The molecule has 0 saturated heterocycles. The van der Waals surface area contributed by atoms with Gasteiger partial charge >= 0.3 is 0 Å². The third-order valence-electron chi connectivity index (χ3n) is 6.53. The van der Waals surface area contributed by atoms with Crippen molar-refractivity contribution in [2.75, 3.05) is 12.0 Å². The van der Waals surface area contributed by atoms with Crippen molar-refractivity contribution in [3.63, 3.8) is 0 Å². The number of benzene rings is 1. The fourth-order valence-corrected chi connectivity index (χ4v) is 6.07. The maximum atomic E-state index is 13.7. The van der Waals surface area contributed by atoms with Gasteiger partial charge in [0, 0.05) is 6.42 Å². The number of amides is 1. The van der Waals surface area contributed by atoms with Crippen LogP contribution in [0.1, 0.15) is 56.1 Å². The van der Waals surface area contributed by atoms with E-state index in [0.717, 1.165) is 37.1 Å². The SMILES string of the molecule is COc1cc(C2C3=C(OC4CCCCC4C3=O)C(=O)N2c2nnc(CC(C)C)s2)ccc1O. The zero-order chi connectivity index (χ0) is 23.3. The molecule has 2 aliphatic heterocycles. The predicted octanol–water partition coefficient (Wildman–Crippen LogP) is 3.95. The summed E-state index contributed by atoms with van der Waals surface area (Å²) in [4.78, 5) is 28.9. The van der Waals surface area contributed by atoms with Crippen molar-refractivity contribution in [2.24, 2.45) is 11.8 Å². The third-order valence-corrected chi connectivity index (χ3v) is 7.47. The largest absolute Gasteiger partial charge is 0.504 e. The van der Waals surface area contributed by atoms with E-state index in [1.807, 2.05) is 0 Å². The maximum absolute atomic E-state index is 13.7. The van der Waals surface area contributed by atoms with Gasteiger partial charge in [0.05, 0.1) is 24.6 Å². The van der Waals surface area contributed by atoms with Gasteiger partial charge < -0.3 is 14.6 Å². The van der Waals surface area contributed by atoms with E-state index in [9.17, 15) is 14.7 Å². The molecular formula is C24H27N3O5S. The van der Waals surface area contributed by atoms with Gasteiger partial charge in [-0.1, -0.05) is 37.7 Å². The van der Waals surface area contributed by atoms with Crippen LogP contribution in [-0.2, 0) is 20.7 Å². The number of phenols is 1. The molecule has 174 valence electrons. The molecule has 1 aliphatic carbocycles. The molecule has 1 aromatic carbocycles. The zero-order valence-electron chi connectivity index (χ0n) is 18.9. The monoisotopic (exact) mass is 469 g/mol. The van der Waals surface area contributed by atoms with Crippen LogP contribution in [0.3, 0.4) is 0 Å². The molecule has 9 heteroatoms. The van der Waals surface area contributed by atoms with Gasteiger partial charge in [-0.3, -0.25) is 14.5 Å². The van der Waals surface area contributed by atoms with Crippen LogP contribution in [0.15, 0.2) is 29.5 Å². The first-order valence-corrected chi connectivity index (χ1v) is 12.2. The molecule has 3 heterocycles. The lowest BCUT2D eigenvalue weighted by atomic mass is 9.77. The second-order valence-electron chi connectivity index (χ2n) is 9.24. The Hall–Kier alpha value is -2.94. The van der Waals surface area contributed by atoms with Crippen LogP contribution >= 0.6 is 11.3 Å². The van der Waals surface area contributed by atoms with E-state index in [1.165, 1.54) is 29.4 Å². The maximum Gasteiger partial charge on any atom is 0.296 e. The minimum absolute atomic E-state index is 0.0139. The third kappa shape index (κ3) is 3.68. The van der Waals surface area contributed by atoms with Gasteiger partial charge in [0.1, 0.15) is 11.1 Å². The van der Waals surface area contributed by atoms with Crippen LogP contribution in [0, 0.1) is 11.8 Å². The highest BCUT2D eigenvalue weighted by Crippen LogP contribution is 2.49. The van der Waals surface area contributed by atoms with Crippen molar-refractivity contribution in [1.82, 2.24) is 10.2 Å². The van der Waals surface area contributed by atoms with Crippen LogP contribution in [-0.4, -0.2) is 40.2 Å². The molecule has 33 heavy (non-hydrogen) atoms. The number of nitrogens with zero attached hydrogens (tertiary/aromatic N) is 3. The fraction of sp³-hybridized carbons (Fsp3) is 0.500. The molecule has 5 rings (SSSR count). The number of rotatable bonds is 5. The van der Waals surface area contributed by atoms with Crippen molar-refractivity contribution in [3.8, 4) is 11.5 Å². The van der Waals surface area contributed by atoms with Gasteiger partial charge in [-0.15, -0.1) is 10.2 Å². The number of fused-ring (bicyclic) bond motifs is 1. The second-order valence-corrected chi connectivity index (χ2v) is 10.3. The first-order chi connectivity index (χ1) is 15.9. The topological polar surface area (TPSA) is 102 Å². The average Bonchev–Trinajstić information content (AvgIpc) is 3.36. The van der Waals surface area contributed by atoms with Crippen molar-refractivity contribution in [2.45, 2.75) is 58.1 Å². The van der Waals surface area contributed by atoms with Crippen LogP contribution in [0.5, 0.6) is 11.5 Å². The number of phenolic OH excluding ortho intramolecular Hbond substituents is 1. The lowest BCUT2D eigenvalue weighted by Crippen LogP contribution is -2.39. The van der Waals surface area contributed by atoms with E-state index < -0.39 is 6.04 Å². The van der Waals surface area contributed by atoms with E-state index in [-0.39, 0.29) is 41.0 Å². The summed E-state index contributed by atoms with van der Waals surface area (Å²) in [5.41, 5.74) is 1.02. The number of methoxy groups -OCH3 is 1. The average molecular weight is 470 g/mol. The number of Topliss-reactive ketones (excluding diaryl/α,β-unsaturated/α-hetero) is 1. The Balaban J connectivity index is 1.62. The van der Waals surface area contributed by atoms with Gasteiger partial charge in [0.25, 0.3) is 5.91 Å². The zero-order valence-corrected chi connectivity index (χ0v) is 19.7. The van der Waals surface area contributed by atoms with Gasteiger partial charge in [-0.05, 0) is 42.9 Å². The molecule has 3 unspecified atom stereocenters. The Kier molecular flexibility index (Phi) is 5.60. The summed E-state index contributed by atoms with van der Waals surface area (Å²) < 4.78 is 11.5. The Morgan fingerprint density at radius 2 is 2.03 bits per heavy atom. The standard InChI is InChI=1S/C24H27N3O5S/c1-12(2)10-18-25-26-24(33-18)27-20(13-8-9-15(28)17(11-13)31-3)19-21(29)14-6-4-5-7-16(14)32-22(19)23(27)30/h8-9,11-12,14,16,20,28H,4-7,10H2,1-3H3. The molecule has 3 atom stereocenters. The minimum Gasteiger partial charge on any atom is -0.504 e. The number of aromatic nitrogens is 2. The van der Waals surface area contributed by atoms with Gasteiger partial charge in [0.15, 0.2) is 23.0 Å². The predicted molar refractivity (Wildman–Crippen MR) is 122 cm³/mol. The highest BCUT2D eigenvalue weighted by molar-refractivity contribution is 7.15. The summed E-state index contributed by atoms with van der Waals surface area (Å²) in [7, 11) is 1.46. The summed E-state index contributed by atoms with van der Waals surface area (Å²) in [6.07, 6.45) is 4.00. The van der Waals surface area contributed by atoms with Crippen LogP contribution < -0.4 is 9.64 Å². The van der Waals surface area contributed by atoms with Crippen LogP contribution in [0.2, 0.25) is 0 Å². The summed E-state index contributed by atoms with van der Waals surface area (Å²) in [5.74, 6) is 0.147.